The number of nitrogens with two attached hydrogens (primary N) is 1. The van der Waals surface area contributed by atoms with Crippen LogP contribution in [0.25, 0.3) is 0 Å². The zero-order valence-electron chi connectivity index (χ0n) is 10.5. The summed E-state index contributed by atoms with van der Waals surface area (Å²) in [4.78, 5) is 12.1. The maximum atomic E-state index is 12.1. The van der Waals surface area contributed by atoms with Crippen molar-refractivity contribution in [3.63, 3.8) is 0 Å². The third-order valence-corrected chi connectivity index (χ3v) is 3.65. The van der Waals surface area contributed by atoms with E-state index in [9.17, 15) is 4.79 Å². The average Bonchev–Trinajstić information content (AvgIpc) is 2.24. The van der Waals surface area contributed by atoms with Crippen molar-refractivity contribution in [3.05, 3.63) is 33.4 Å². The molecule has 0 aliphatic heterocycles. The van der Waals surface area contributed by atoms with Crippen LogP contribution >= 0.6 is 22.6 Å². The molecule has 1 amide bonds. The lowest BCUT2D eigenvalue weighted by molar-refractivity contribution is 0.0904. The van der Waals surface area contributed by atoms with Gasteiger partial charge in [0.05, 0.1) is 5.56 Å². The minimum Gasteiger partial charge on any atom is -0.347 e. The molecular formula is C13H19IN2O. The number of benzene rings is 1. The van der Waals surface area contributed by atoms with Crippen LogP contribution in [0, 0.1) is 8.99 Å². The zero-order valence-corrected chi connectivity index (χ0v) is 12.6. The van der Waals surface area contributed by atoms with E-state index in [2.05, 4.69) is 48.7 Å². The standard InChI is InChI=1S/C13H19IN2O/c1-13(2,3)11(8-15)16-12(17)9-6-4-5-7-10(9)14/h4-7,11H,8,15H2,1-3H3,(H,16,17). The van der Waals surface area contributed by atoms with E-state index in [-0.39, 0.29) is 17.4 Å². The Hall–Kier alpha value is -0.620. The molecular weight excluding hydrogens is 327 g/mol. The quantitative estimate of drug-likeness (QED) is 0.826. The molecule has 0 fully saturated rings. The SMILES string of the molecule is CC(C)(C)C(CN)NC(=O)c1ccccc1I. The Balaban J connectivity index is 2.83. The lowest BCUT2D eigenvalue weighted by atomic mass is 9.86. The second-order valence-corrected chi connectivity index (χ2v) is 6.27. The van der Waals surface area contributed by atoms with Crippen molar-refractivity contribution in [3.8, 4) is 0 Å². The molecule has 1 rings (SSSR count). The molecule has 1 unspecified atom stereocenters. The second-order valence-electron chi connectivity index (χ2n) is 5.11. The van der Waals surface area contributed by atoms with Crippen molar-refractivity contribution >= 4 is 28.5 Å². The van der Waals surface area contributed by atoms with Gasteiger partial charge >= 0.3 is 0 Å². The number of hydrogen-bond acceptors (Lipinski definition) is 2. The van der Waals surface area contributed by atoms with Crippen LogP contribution in [-0.4, -0.2) is 18.5 Å². The van der Waals surface area contributed by atoms with E-state index in [1.807, 2.05) is 24.3 Å². The molecule has 4 heteroatoms. The fourth-order valence-corrected chi connectivity index (χ4v) is 2.14. The summed E-state index contributed by atoms with van der Waals surface area (Å²) in [6, 6.07) is 7.51. The highest BCUT2D eigenvalue weighted by molar-refractivity contribution is 14.1. The Kier molecular flexibility index (Phi) is 4.94. The van der Waals surface area contributed by atoms with Crippen molar-refractivity contribution in [2.24, 2.45) is 11.1 Å². The van der Waals surface area contributed by atoms with Crippen LogP contribution in [0.15, 0.2) is 24.3 Å². The number of carbonyl (C=O) groups excluding carboxylic acids is 1. The topological polar surface area (TPSA) is 55.1 Å². The van der Waals surface area contributed by atoms with E-state index in [4.69, 9.17) is 5.73 Å². The van der Waals surface area contributed by atoms with Gasteiger partial charge in [-0.15, -0.1) is 0 Å². The van der Waals surface area contributed by atoms with Gasteiger partial charge in [-0.2, -0.15) is 0 Å². The van der Waals surface area contributed by atoms with Crippen molar-refractivity contribution in [2.45, 2.75) is 26.8 Å². The van der Waals surface area contributed by atoms with Crippen LogP contribution in [0.1, 0.15) is 31.1 Å². The summed E-state index contributed by atoms with van der Waals surface area (Å²) < 4.78 is 0.951. The average molecular weight is 346 g/mol. The maximum Gasteiger partial charge on any atom is 0.252 e. The molecule has 0 bridgehead atoms. The lowest BCUT2D eigenvalue weighted by Crippen LogP contribution is -2.48. The summed E-state index contributed by atoms with van der Waals surface area (Å²) >= 11 is 2.16. The molecule has 94 valence electrons. The van der Waals surface area contributed by atoms with Crippen LogP contribution < -0.4 is 11.1 Å². The first-order chi connectivity index (χ1) is 7.86. The van der Waals surface area contributed by atoms with Gasteiger partial charge in [0.25, 0.3) is 5.91 Å². The highest BCUT2D eigenvalue weighted by Crippen LogP contribution is 2.19. The smallest absolute Gasteiger partial charge is 0.252 e. The van der Waals surface area contributed by atoms with Crippen molar-refractivity contribution < 1.29 is 4.79 Å². The molecule has 0 saturated heterocycles. The van der Waals surface area contributed by atoms with Gasteiger partial charge in [-0.05, 0) is 40.1 Å². The normalized spacial score (nSPS) is 13.2. The van der Waals surface area contributed by atoms with E-state index in [0.29, 0.717) is 12.1 Å². The molecule has 0 spiro atoms. The van der Waals surface area contributed by atoms with Gasteiger partial charge in [-0.1, -0.05) is 32.9 Å². The van der Waals surface area contributed by atoms with Crippen LogP contribution in [-0.2, 0) is 0 Å². The van der Waals surface area contributed by atoms with E-state index in [1.54, 1.807) is 0 Å². The summed E-state index contributed by atoms with van der Waals surface area (Å²) in [6.45, 7) is 6.65. The Bertz CT molecular complexity index is 399. The number of amides is 1. The van der Waals surface area contributed by atoms with Crippen LogP contribution in [0.4, 0.5) is 0 Å². The third kappa shape index (κ3) is 3.96. The lowest BCUT2D eigenvalue weighted by Gasteiger charge is -2.30. The van der Waals surface area contributed by atoms with Gasteiger partial charge in [-0.3, -0.25) is 4.79 Å². The molecule has 3 nitrogen and oxygen atoms in total. The van der Waals surface area contributed by atoms with Crippen LogP contribution in [0.2, 0.25) is 0 Å². The first kappa shape index (κ1) is 14.4. The Labute approximate surface area is 116 Å². The van der Waals surface area contributed by atoms with Crippen molar-refractivity contribution in [1.29, 1.82) is 0 Å². The minimum atomic E-state index is -0.0552. The second kappa shape index (κ2) is 5.82. The van der Waals surface area contributed by atoms with Crippen molar-refractivity contribution in [1.82, 2.24) is 5.32 Å². The van der Waals surface area contributed by atoms with Crippen molar-refractivity contribution in [2.75, 3.05) is 6.54 Å². The molecule has 1 aromatic carbocycles. The van der Waals surface area contributed by atoms with Gasteiger partial charge in [0.2, 0.25) is 0 Å². The molecule has 0 aliphatic carbocycles. The fourth-order valence-electron chi connectivity index (χ4n) is 1.51. The molecule has 1 aromatic rings. The molecule has 0 saturated carbocycles. The largest absolute Gasteiger partial charge is 0.347 e. The van der Waals surface area contributed by atoms with E-state index in [0.717, 1.165) is 3.57 Å². The zero-order chi connectivity index (χ0) is 13.1. The first-order valence-electron chi connectivity index (χ1n) is 5.61. The van der Waals surface area contributed by atoms with E-state index in [1.165, 1.54) is 0 Å². The number of nitrogens with one attached hydrogen (secondary N) is 1. The van der Waals surface area contributed by atoms with Crippen LogP contribution in [0.3, 0.4) is 0 Å². The van der Waals surface area contributed by atoms with E-state index < -0.39 is 0 Å². The number of halogens is 1. The Morgan fingerprint density at radius 1 is 1.41 bits per heavy atom. The van der Waals surface area contributed by atoms with Gasteiger partial charge in [0.15, 0.2) is 0 Å². The summed E-state index contributed by atoms with van der Waals surface area (Å²) in [5.41, 5.74) is 6.37. The van der Waals surface area contributed by atoms with Crippen LogP contribution in [0.5, 0.6) is 0 Å². The molecule has 3 N–H and O–H groups in total. The predicted molar refractivity (Wildman–Crippen MR) is 78.9 cm³/mol. The summed E-state index contributed by atoms with van der Waals surface area (Å²) in [5.74, 6) is -0.0552. The van der Waals surface area contributed by atoms with Gasteiger partial charge in [0.1, 0.15) is 0 Å². The minimum absolute atomic E-state index is 0.0222. The first-order valence-corrected chi connectivity index (χ1v) is 6.69. The Morgan fingerprint density at radius 3 is 2.47 bits per heavy atom. The third-order valence-electron chi connectivity index (χ3n) is 2.70. The summed E-state index contributed by atoms with van der Waals surface area (Å²) in [7, 11) is 0. The molecule has 1 atom stereocenters. The van der Waals surface area contributed by atoms with E-state index >= 15 is 0 Å². The maximum absolute atomic E-state index is 12.1. The van der Waals surface area contributed by atoms with Gasteiger partial charge in [-0.25, -0.2) is 0 Å². The summed E-state index contributed by atoms with van der Waals surface area (Å²) in [5, 5.41) is 3.00. The summed E-state index contributed by atoms with van der Waals surface area (Å²) in [6.07, 6.45) is 0. The molecule has 0 aromatic heterocycles. The Morgan fingerprint density at radius 2 is 2.00 bits per heavy atom. The highest BCUT2D eigenvalue weighted by Gasteiger charge is 2.25. The fraction of sp³-hybridized carbons (Fsp3) is 0.462. The van der Waals surface area contributed by atoms with Gasteiger partial charge < -0.3 is 11.1 Å². The molecule has 0 heterocycles. The molecule has 0 radical (unpaired) electrons. The number of rotatable bonds is 3. The van der Waals surface area contributed by atoms with Gasteiger partial charge in [0, 0.05) is 16.2 Å². The highest BCUT2D eigenvalue weighted by atomic mass is 127. The predicted octanol–water partition coefficient (Wildman–Crippen LogP) is 2.39. The number of carbonyl (C=O) groups is 1. The molecule has 17 heavy (non-hydrogen) atoms. The number of hydrogen-bond donors (Lipinski definition) is 2. The monoisotopic (exact) mass is 346 g/mol. The molecule has 0 aliphatic rings.